The van der Waals surface area contributed by atoms with E-state index in [1.165, 1.54) is 12.7 Å². The summed E-state index contributed by atoms with van der Waals surface area (Å²) in [6.07, 6.45) is 0.392. The van der Waals surface area contributed by atoms with Crippen LogP contribution in [0.3, 0.4) is 0 Å². The number of methoxy groups -OCH3 is 1. The number of carbonyl (C=O) groups is 2. The SMILES string of the molecule is COCC(=O)Nc1ccc2c(c1)[C@@H]1C[C@H](CC(=O)NCCc3ccccc3)O[C@@H](CO)[C@@H]1O2. The second-order valence-electron chi connectivity index (χ2n) is 8.43. The van der Waals surface area contributed by atoms with Gasteiger partial charge in [-0.3, -0.25) is 9.59 Å². The van der Waals surface area contributed by atoms with E-state index >= 15 is 0 Å². The third kappa shape index (κ3) is 5.71. The minimum atomic E-state index is -0.523. The van der Waals surface area contributed by atoms with Crippen LogP contribution in [0.4, 0.5) is 5.69 Å². The Kier molecular flexibility index (Phi) is 7.59. The Hall–Kier alpha value is -2.94. The van der Waals surface area contributed by atoms with E-state index in [0.29, 0.717) is 24.4 Å². The predicted molar refractivity (Wildman–Crippen MR) is 122 cm³/mol. The Bertz CT molecular complexity index is 967. The fraction of sp³-hybridized carbons (Fsp3) is 0.440. The lowest BCUT2D eigenvalue weighted by Gasteiger charge is -2.37. The largest absolute Gasteiger partial charge is 0.487 e. The zero-order valence-electron chi connectivity index (χ0n) is 18.7. The Morgan fingerprint density at radius 1 is 1.15 bits per heavy atom. The third-order valence-corrected chi connectivity index (χ3v) is 6.05. The van der Waals surface area contributed by atoms with E-state index in [4.69, 9.17) is 14.2 Å². The summed E-state index contributed by atoms with van der Waals surface area (Å²) in [5.41, 5.74) is 2.77. The van der Waals surface area contributed by atoms with Crippen molar-refractivity contribution < 1.29 is 28.9 Å². The van der Waals surface area contributed by atoms with Crippen molar-refractivity contribution >= 4 is 17.5 Å². The lowest BCUT2D eigenvalue weighted by Crippen LogP contribution is -2.47. The number of ether oxygens (including phenoxy) is 3. The molecule has 33 heavy (non-hydrogen) atoms. The summed E-state index contributed by atoms with van der Waals surface area (Å²) in [5.74, 6) is 0.362. The summed E-state index contributed by atoms with van der Waals surface area (Å²) in [6, 6.07) is 15.5. The Labute approximate surface area is 193 Å². The highest BCUT2D eigenvalue weighted by Crippen LogP contribution is 2.47. The van der Waals surface area contributed by atoms with Crippen molar-refractivity contribution in [2.24, 2.45) is 0 Å². The number of hydrogen-bond donors (Lipinski definition) is 3. The van der Waals surface area contributed by atoms with Gasteiger partial charge in [-0.05, 0) is 36.6 Å². The van der Waals surface area contributed by atoms with Gasteiger partial charge in [0, 0.05) is 30.8 Å². The van der Waals surface area contributed by atoms with Gasteiger partial charge in [-0.25, -0.2) is 0 Å². The summed E-state index contributed by atoms with van der Waals surface area (Å²) < 4.78 is 17.0. The van der Waals surface area contributed by atoms with E-state index in [9.17, 15) is 14.7 Å². The van der Waals surface area contributed by atoms with Gasteiger partial charge in [-0.2, -0.15) is 0 Å². The van der Waals surface area contributed by atoms with Crippen LogP contribution >= 0.6 is 0 Å². The van der Waals surface area contributed by atoms with E-state index in [0.717, 1.165) is 12.0 Å². The Balaban J connectivity index is 1.38. The molecule has 4 rings (SSSR count). The lowest BCUT2D eigenvalue weighted by molar-refractivity contribution is -0.142. The lowest BCUT2D eigenvalue weighted by atomic mass is 9.84. The highest BCUT2D eigenvalue weighted by Gasteiger charge is 2.46. The van der Waals surface area contributed by atoms with E-state index in [-0.39, 0.29) is 49.6 Å². The molecule has 1 saturated heterocycles. The fourth-order valence-corrected chi connectivity index (χ4v) is 4.56. The summed E-state index contributed by atoms with van der Waals surface area (Å²) in [5, 5.41) is 15.7. The van der Waals surface area contributed by atoms with Gasteiger partial charge in [-0.1, -0.05) is 30.3 Å². The molecule has 1 fully saturated rings. The van der Waals surface area contributed by atoms with Gasteiger partial charge in [0.05, 0.1) is 19.1 Å². The van der Waals surface area contributed by atoms with Crippen LogP contribution in [-0.4, -0.2) is 62.1 Å². The number of benzene rings is 2. The summed E-state index contributed by atoms with van der Waals surface area (Å²) in [6.45, 7) is 0.335. The van der Waals surface area contributed by atoms with Crippen LogP contribution in [-0.2, 0) is 25.5 Å². The number of carbonyl (C=O) groups excluding carboxylic acids is 2. The van der Waals surface area contributed by atoms with Gasteiger partial charge >= 0.3 is 0 Å². The van der Waals surface area contributed by atoms with Crippen LogP contribution in [0, 0.1) is 0 Å². The first-order valence-electron chi connectivity index (χ1n) is 11.2. The van der Waals surface area contributed by atoms with Crippen molar-refractivity contribution in [3.8, 4) is 5.75 Å². The molecule has 0 aliphatic carbocycles. The predicted octanol–water partition coefficient (Wildman–Crippen LogP) is 2.01. The smallest absolute Gasteiger partial charge is 0.250 e. The molecule has 2 amide bonds. The molecule has 0 aromatic heterocycles. The molecule has 0 spiro atoms. The number of aliphatic hydroxyl groups excluding tert-OH is 1. The van der Waals surface area contributed by atoms with E-state index in [1.807, 2.05) is 42.5 Å². The van der Waals surface area contributed by atoms with Crippen LogP contribution in [0.25, 0.3) is 0 Å². The molecule has 2 aliphatic rings. The topological polar surface area (TPSA) is 106 Å². The highest BCUT2D eigenvalue weighted by atomic mass is 16.6. The minimum Gasteiger partial charge on any atom is -0.487 e. The van der Waals surface area contributed by atoms with Crippen molar-refractivity contribution in [2.75, 3.05) is 32.2 Å². The Morgan fingerprint density at radius 2 is 1.97 bits per heavy atom. The normalized spacial score (nSPS) is 23.2. The number of rotatable bonds is 9. The number of amides is 2. The zero-order chi connectivity index (χ0) is 23.2. The maximum atomic E-state index is 12.5. The molecule has 2 aromatic rings. The van der Waals surface area contributed by atoms with E-state index in [1.54, 1.807) is 6.07 Å². The molecule has 2 aromatic carbocycles. The first-order valence-corrected chi connectivity index (χ1v) is 11.2. The van der Waals surface area contributed by atoms with Crippen LogP contribution in [0.1, 0.15) is 29.9 Å². The van der Waals surface area contributed by atoms with Crippen molar-refractivity contribution in [1.82, 2.24) is 5.32 Å². The molecule has 0 saturated carbocycles. The molecule has 3 N–H and O–H groups in total. The summed E-state index contributed by atoms with van der Waals surface area (Å²) in [7, 11) is 1.47. The molecular weight excluding hydrogens is 424 g/mol. The second-order valence-corrected chi connectivity index (χ2v) is 8.43. The molecule has 4 atom stereocenters. The van der Waals surface area contributed by atoms with Crippen LogP contribution in [0.5, 0.6) is 5.75 Å². The number of anilines is 1. The van der Waals surface area contributed by atoms with Crippen LogP contribution in [0.15, 0.2) is 48.5 Å². The molecule has 0 radical (unpaired) electrons. The number of fused-ring (bicyclic) bond motifs is 3. The zero-order valence-corrected chi connectivity index (χ0v) is 18.7. The molecule has 0 bridgehead atoms. The van der Waals surface area contributed by atoms with Gasteiger partial charge in [0.15, 0.2) is 0 Å². The molecular formula is C25H30N2O6. The minimum absolute atomic E-state index is 0.0263. The van der Waals surface area contributed by atoms with Gasteiger partial charge < -0.3 is 30.0 Å². The first-order chi connectivity index (χ1) is 16.1. The van der Waals surface area contributed by atoms with Crippen LogP contribution < -0.4 is 15.4 Å². The average molecular weight is 455 g/mol. The quantitative estimate of drug-likeness (QED) is 0.535. The van der Waals surface area contributed by atoms with Crippen molar-refractivity contribution in [2.45, 2.75) is 43.5 Å². The maximum Gasteiger partial charge on any atom is 0.250 e. The highest BCUT2D eigenvalue weighted by molar-refractivity contribution is 5.92. The number of nitrogens with one attached hydrogen (secondary N) is 2. The van der Waals surface area contributed by atoms with Crippen molar-refractivity contribution in [1.29, 1.82) is 0 Å². The van der Waals surface area contributed by atoms with E-state index in [2.05, 4.69) is 10.6 Å². The number of aliphatic hydroxyl groups is 1. The molecule has 8 nitrogen and oxygen atoms in total. The standard InChI is InChI=1S/C25H30N2O6/c1-31-15-24(30)27-17-7-8-21-19(11-17)20-12-18(32-22(14-28)25(20)33-21)13-23(29)26-10-9-16-5-3-2-4-6-16/h2-8,11,18,20,22,25,28H,9-10,12-15H2,1H3,(H,26,29)(H,27,30)/t18-,20+,22+,25-/m1/s1. The molecule has 2 heterocycles. The van der Waals surface area contributed by atoms with Gasteiger partial charge in [-0.15, -0.1) is 0 Å². The average Bonchev–Trinajstić information content (AvgIpc) is 3.17. The van der Waals surface area contributed by atoms with Crippen molar-refractivity contribution in [3.63, 3.8) is 0 Å². The third-order valence-electron chi connectivity index (χ3n) is 6.05. The monoisotopic (exact) mass is 454 g/mol. The second kappa shape index (κ2) is 10.8. The van der Waals surface area contributed by atoms with Crippen molar-refractivity contribution in [3.05, 3.63) is 59.7 Å². The summed E-state index contributed by atoms with van der Waals surface area (Å²) >= 11 is 0. The van der Waals surface area contributed by atoms with Gasteiger partial charge in [0.2, 0.25) is 11.8 Å². The molecule has 2 aliphatic heterocycles. The first kappa shape index (κ1) is 23.2. The van der Waals surface area contributed by atoms with E-state index < -0.39 is 6.10 Å². The fourth-order valence-electron chi connectivity index (χ4n) is 4.56. The Morgan fingerprint density at radius 3 is 2.73 bits per heavy atom. The number of hydrogen-bond acceptors (Lipinski definition) is 6. The maximum absolute atomic E-state index is 12.5. The van der Waals surface area contributed by atoms with Crippen LogP contribution in [0.2, 0.25) is 0 Å². The molecule has 176 valence electrons. The summed E-state index contributed by atoms with van der Waals surface area (Å²) in [4.78, 5) is 24.4. The van der Waals surface area contributed by atoms with Gasteiger partial charge in [0.25, 0.3) is 0 Å². The van der Waals surface area contributed by atoms with Gasteiger partial charge in [0.1, 0.15) is 24.6 Å². The molecule has 0 unspecified atom stereocenters. The molecule has 8 heteroatoms.